The number of hydrogen-bond donors (Lipinski definition) is 1. The van der Waals surface area contributed by atoms with Gasteiger partial charge in [0, 0.05) is 18.7 Å². The number of nitrogens with zero attached hydrogens (tertiary/aromatic N) is 1. The van der Waals surface area contributed by atoms with E-state index in [1.165, 1.54) is 0 Å². The van der Waals surface area contributed by atoms with E-state index in [4.69, 9.17) is 4.74 Å². The molecule has 22 heavy (non-hydrogen) atoms. The molecule has 0 aliphatic carbocycles. The minimum Gasteiger partial charge on any atom is -0.491 e. The molecular formula is C17H27ClN2O2. The first-order valence-electron chi connectivity index (χ1n) is 7.84. The number of carbonyl (C=O) groups excluding carboxylic acids is 1. The maximum Gasteiger partial charge on any atom is 0.253 e. The molecule has 2 atom stereocenters. The maximum atomic E-state index is 12.5. The van der Waals surface area contributed by atoms with Gasteiger partial charge in [-0.05, 0) is 63.5 Å². The molecule has 1 aromatic carbocycles. The Labute approximate surface area is 139 Å². The Hall–Kier alpha value is -1.26. The zero-order valence-electron chi connectivity index (χ0n) is 13.7. The van der Waals surface area contributed by atoms with Gasteiger partial charge >= 0.3 is 0 Å². The fourth-order valence-corrected chi connectivity index (χ4v) is 2.65. The molecule has 1 N–H and O–H groups in total. The Bertz CT molecular complexity index is 464. The van der Waals surface area contributed by atoms with Crippen molar-refractivity contribution in [2.24, 2.45) is 5.92 Å². The van der Waals surface area contributed by atoms with E-state index in [0.717, 1.165) is 43.8 Å². The summed E-state index contributed by atoms with van der Waals surface area (Å²) < 4.78 is 5.74. The molecule has 1 saturated heterocycles. The third kappa shape index (κ3) is 4.89. The zero-order chi connectivity index (χ0) is 15.2. The van der Waals surface area contributed by atoms with Gasteiger partial charge < -0.3 is 15.0 Å². The van der Waals surface area contributed by atoms with E-state index >= 15 is 0 Å². The Morgan fingerprint density at radius 1 is 1.41 bits per heavy atom. The number of likely N-dealkylation sites (tertiary alicyclic amines) is 1. The lowest BCUT2D eigenvalue weighted by Gasteiger charge is -2.17. The molecule has 124 valence electrons. The first-order valence-corrected chi connectivity index (χ1v) is 7.84. The van der Waals surface area contributed by atoms with Crippen LogP contribution < -0.4 is 10.1 Å². The first kappa shape index (κ1) is 18.8. The second kappa shape index (κ2) is 9.01. The molecule has 1 aromatic rings. The van der Waals surface area contributed by atoms with E-state index < -0.39 is 0 Å². The van der Waals surface area contributed by atoms with Gasteiger partial charge in [0.05, 0.1) is 6.10 Å². The molecule has 5 heteroatoms. The number of nitrogens with one attached hydrogen (secondary N) is 1. The molecule has 0 saturated carbocycles. The van der Waals surface area contributed by atoms with Crippen LogP contribution in [-0.4, -0.2) is 43.6 Å². The summed E-state index contributed by atoms with van der Waals surface area (Å²) in [5.41, 5.74) is 0.747. The molecule has 0 radical (unpaired) electrons. The second-order valence-electron chi connectivity index (χ2n) is 5.82. The van der Waals surface area contributed by atoms with Crippen LogP contribution in [0.3, 0.4) is 0 Å². The third-order valence-corrected chi connectivity index (χ3v) is 4.08. The summed E-state index contributed by atoms with van der Waals surface area (Å²) in [5, 5.41) is 3.19. The van der Waals surface area contributed by atoms with Crippen molar-refractivity contribution in [2.75, 3.05) is 26.7 Å². The molecule has 1 heterocycles. The number of halogens is 1. The number of rotatable bonds is 6. The minimum atomic E-state index is 0. The number of amides is 1. The highest BCUT2D eigenvalue weighted by molar-refractivity contribution is 5.94. The molecule has 1 amide bonds. The Kier molecular flexibility index (Phi) is 7.69. The molecule has 0 bridgehead atoms. The monoisotopic (exact) mass is 326 g/mol. The van der Waals surface area contributed by atoms with Gasteiger partial charge in [-0.3, -0.25) is 4.79 Å². The molecule has 2 unspecified atom stereocenters. The Morgan fingerprint density at radius 3 is 2.68 bits per heavy atom. The van der Waals surface area contributed by atoms with Crippen LogP contribution >= 0.6 is 12.4 Å². The smallest absolute Gasteiger partial charge is 0.253 e. The highest BCUT2D eigenvalue weighted by Gasteiger charge is 2.26. The topological polar surface area (TPSA) is 41.6 Å². The molecule has 2 rings (SSSR count). The minimum absolute atomic E-state index is 0. The first-order chi connectivity index (χ1) is 10.1. The van der Waals surface area contributed by atoms with Gasteiger partial charge in [0.15, 0.2) is 0 Å². The van der Waals surface area contributed by atoms with Crippen molar-refractivity contribution in [3.05, 3.63) is 29.8 Å². The Morgan fingerprint density at radius 2 is 2.09 bits per heavy atom. The SMILES string of the molecule is CCC(C)Oc1ccc(C(=O)N2CCC(CNC)C2)cc1.Cl. The summed E-state index contributed by atoms with van der Waals surface area (Å²) in [6.07, 6.45) is 2.26. The summed E-state index contributed by atoms with van der Waals surface area (Å²) in [6, 6.07) is 7.51. The standard InChI is InChI=1S/C17H26N2O2.ClH/c1-4-13(2)21-16-7-5-15(6-8-16)17(20)19-10-9-14(12-19)11-18-3;/h5-8,13-14,18H,4,9-12H2,1-3H3;1H. The van der Waals surface area contributed by atoms with Gasteiger partial charge in [-0.1, -0.05) is 6.92 Å². The number of benzene rings is 1. The van der Waals surface area contributed by atoms with Crippen LogP contribution in [0.1, 0.15) is 37.0 Å². The van der Waals surface area contributed by atoms with Crippen LogP contribution in [0.25, 0.3) is 0 Å². The van der Waals surface area contributed by atoms with Crippen molar-refractivity contribution in [1.82, 2.24) is 10.2 Å². The Balaban J connectivity index is 0.00000242. The fraction of sp³-hybridized carbons (Fsp3) is 0.588. The normalized spacial score (nSPS) is 18.7. The molecule has 4 nitrogen and oxygen atoms in total. The average Bonchev–Trinajstić information content (AvgIpc) is 2.96. The molecule has 1 aliphatic heterocycles. The second-order valence-corrected chi connectivity index (χ2v) is 5.82. The predicted molar refractivity (Wildman–Crippen MR) is 92.0 cm³/mol. The zero-order valence-corrected chi connectivity index (χ0v) is 14.5. The van der Waals surface area contributed by atoms with E-state index in [9.17, 15) is 4.79 Å². The van der Waals surface area contributed by atoms with Gasteiger partial charge in [-0.15, -0.1) is 12.4 Å². The lowest BCUT2D eigenvalue weighted by Crippen LogP contribution is -2.30. The van der Waals surface area contributed by atoms with E-state index in [2.05, 4.69) is 12.2 Å². The predicted octanol–water partition coefficient (Wildman–Crippen LogP) is 2.97. The highest BCUT2D eigenvalue weighted by Crippen LogP contribution is 2.20. The van der Waals surface area contributed by atoms with E-state index in [1.54, 1.807) is 0 Å². The molecule has 0 spiro atoms. The number of carbonyl (C=O) groups is 1. The van der Waals surface area contributed by atoms with Crippen LogP contribution in [0.5, 0.6) is 5.75 Å². The largest absolute Gasteiger partial charge is 0.491 e. The molecular weight excluding hydrogens is 300 g/mol. The van der Waals surface area contributed by atoms with Gasteiger partial charge in [0.25, 0.3) is 5.91 Å². The molecule has 0 aromatic heterocycles. The van der Waals surface area contributed by atoms with Gasteiger partial charge in [-0.25, -0.2) is 0 Å². The molecule has 1 aliphatic rings. The van der Waals surface area contributed by atoms with Crippen LogP contribution in [0.2, 0.25) is 0 Å². The summed E-state index contributed by atoms with van der Waals surface area (Å²) in [7, 11) is 1.96. The van der Waals surface area contributed by atoms with E-state index in [-0.39, 0.29) is 24.4 Å². The van der Waals surface area contributed by atoms with Crippen molar-refractivity contribution in [3.63, 3.8) is 0 Å². The van der Waals surface area contributed by atoms with Crippen LogP contribution in [0, 0.1) is 5.92 Å². The summed E-state index contributed by atoms with van der Waals surface area (Å²) >= 11 is 0. The maximum absolute atomic E-state index is 12.5. The van der Waals surface area contributed by atoms with E-state index in [0.29, 0.717) is 5.92 Å². The average molecular weight is 327 g/mol. The summed E-state index contributed by atoms with van der Waals surface area (Å²) in [5.74, 6) is 1.53. The van der Waals surface area contributed by atoms with Crippen LogP contribution in [0.15, 0.2) is 24.3 Å². The van der Waals surface area contributed by atoms with Crippen molar-refractivity contribution in [3.8, 4) is 5.75 Å². The fourth-order valence-electron chi connectivity index (χ4n) is 2.65. The number of ether oxygens (including phenoxy) is 1. The van der Waals surface area contributed by atoms with E-state index in [1.807, 2.05) is 43.1 Å². The van der Waals surface area contributed by atoms with Crippen molar-refractivity contribution >= 4 is 18.3 Å². The van der Waals surface area contributed by atoms with Crippen LogP contribution in [-0.2, 0) is 0 Å². The van der Waals surface area contributed by atoms with Crippen molar-refractivity contribution in [2.45, 2.75) is 32.8 Å². The van der Waals surface area contributed by atoms with Gasteiger partial charge in [0.2, 0.25) is 0 Å². The van der Waals surface area contributed by atoms with Crippen molar-refractivity contribution < 1.29 is 9.53 Å². The molecule has 1 fully saturated rings. The number of hydrogen-bond acceptors (Lipinski definition) is 3. The van der Waals surface area contributed by atoms with Crippen molar-refractivity contribution in [1.29, 1.82) is 0 Å². The lowest BCUT2D eigenvalue weighted by molar-refractivity contribution is 0.0787. The highest BCUT2D eigenvalue weighted by atomic mass is 35.5. The third-order valence-electron chi connectivity index (χ3n) is 4.08. The summed E-state index contributed by atoms with van der Waals surface area (Å²) in [6.45, 7) is 6.83. The quantitative estimate of drug-likeness (QED) is 0.874. The lowest BCUT2D eigenvalue weighted by atomic mass is 10.1. The van der Waals surface area contributed by atoms with Gasteiger partial charge in [0.1, 0.15) is 5.75 Å². The van der Waals surface area contributed by atoms with Crippen LogP contribution in [0.4, 0.5) is 0 Å². The van der Waals surface area contributed by atoms with Gasteiger partial charge in [-0.2, -0.15) is 0 Å². The summed E-state index contributed by atoms with van der Waals surface area (Å²) in [4.78, 5) is 14.4.